The molecule has 2 aromatic rings. The first-order chi connectivity index (χ1) is 9.81. The summed E-state index contributed by atoms with van der Waals surface area (Å²) < 4.78 is 2.03. The smallest absolute Gasteiger partial charge is 0.0991 e. The molecule has 0 spiro atoms. The monoisotopic (exact) mass is 269 g/mol. The highest BCUT2D eigenvalue weighted by Gasteiger charge is 2.17. The number of benzene rings is 1. The third kappa shape index (κ3) is 3.28. The van der Waals surface area contributed by atoms with Gasteiger partial charge in [-0.1, -0.05) is 19.1 Å². The number of hydrogen-bond donors (Lipinski definition) is 1. The molecule has 0 amide bonds. The second-order valence-electron chi connectivity index (χ2n) is 5.97. The van der Waals surface area contributed by atoms with Crippen LogP contribution < -0.4 is 5.32 Å². The summed E-state index contributed by atoms with van der Waals surface area (Å²) in [5.74, 6) is 0.919. The zero-order chi connectivity index (χ0) is 13.8. The molecule has 0 saturated heterocycles. The lowest BCUT2D eigenvalue weighted by atomic mass is 9.87. The molecule has 1 saturated carbocycles. The van der Waals surface area contributed by atoms with Gasteiger partial charge in [-0.2, -0.15) is 0 Å². The molecule has 0 bridgehead atoms. The SMILES string of the molecule is CC1CCC(NCc2ccc(-n3ccnc3)cc2)CC1. The van der Waals surface area contributed by atoms with Crippen LogP contribution in [0.25, 0.3) is 5.69 Å². The number of hydrogen-bond acceptors (Lipinski definition) is 2. The van der Waals surface area contributed by atoms with Crippen molar-refractivity contribution in [3.8, 4) is 5.69 Å². The highest BCUT2D eigenvalue weighted by atomic mass is 15.0. The molecule has 1 aliphatic carbocycles. The van der Waals surface area contributed by atoms with Crippen molar-refractivity contribution in [2.75, 3.05) is 0 Å². The number of aromatic nitrogens is 2. The third-order valence-electron chi connectivity index (χ3n) is 4.35. The van der Waals surface area contributed by atoms with E-state index in [9.17, 15) is 0 Å². The van der Waals surface area contributed by atoms with Gasteiger partial charge in [0.1, 0.15) is 0 Å². The summed E-state index contributed by atoms with van der Waals surface area (Å²) in [4.78, 5) is 4.08. The summed E-state index contributed by atoms with van der Waals surface area (Å²) in [6, 6.07) is 9.42. The number of imidazole rings is 1. The Balaban J connectivity index is 1.53. The van der Waals surface area contributed by atoms with Gasteiger partial charge in [-0.05, 0) is 49.3 Å². The van der Waals surface area contributed by atoms with Crippen molar-refractivity contribution in [2.45, 2.75) is 45.2 Å². The third-order valence-corrected chi connectivity index (χ3v) is 4.35. The molecule has 1 heterocycles. The molecule has 1 aromatic heterocycles. The van der Waals surface area contributed by atoms with Crippen LogP contribution in [0.5, 0.6) is 0 Å². The Morgan fingerprint density at radius 1 is 1.15 bits per heavy atom. The van der Waals surface area contributed by atoms with E-state index in [0.717, 1.165) is 18.2 Å². The van der Waals surface area contributed by atoms with Crippen molar-refractivity contribution in [1.82, 2.24) is 14.9 Å². The number of nitrogens with zero attached hydrogens (tertiary/aromatic N) is 2. The van der Waals surface area contributed by atoms with Gasteiger partial charge >= 0.3 is 0 Å². The van der Waals surface area contributed by atoms with Crippen LogP contribution in [-0.4, -0.2) is 15.6 Å². The van der Waals surface area contributed by atoms with Crippen LogP contribution in [0, 0.1) is 5.92 Å². The van der Waals surface area contributed by atoms with E-state index in [-0.39, 0.29) is 0 Å². The number of nitrogens with one attached hydrogen (secondary N) is 1. The van der Waals surface area contributed by atoms with Crippen LogP contribution >= 0.6 is 0 Å². The molecule has 106 valence electrons. The average Bonchev–Trinajstić information content (AvgIpc) is 3.01. The minimum absolute atomic E-state index is 0.708. The molecule has 0 unspecified atom stereocenters. The van der Waals surface area contributed by atoms with Crippen LogP contribution in [0.1, 0.15) is 38.2 Å². The number of rotatable bonds is 4. The molecule has 3 rings (SSSR count). The van der Waals surface area contributed by atoms with Crippen molar-refractivity contribution >= 4 is 0 Å². The molecule has 0 atom stereocenters. The van der Waals surface area contributed by atoms with Gasteiger partial charge in [0.15, 0.2) is 0 Å². The second-order valence-corrected chi connectivity index (χ2v) is 5.97. The fourth-order valence-electron chi connectivity index (χ4n) is 2.92. The summed E-state index contributed by atoms with van der Waals surface area (Å²) in [6.07, 6.45) is 11.0. The Labute approximate surface area is 121 Å². The molecular formula is C17H23N3. The van der Waals surface area contributed by atoms with Gasteiger partial charge < -0.3 is 9.88 Å². The molecule has 3 nitrogen and oxygen atoms in total. The van der Waals surface area contributed by atoms with E-state index >= 15 is 0 Å². The molecule has 0 radical (unpaired) electrons. The first-order valence-corrected chi connectivity index (χ1v) is 7.62. The molecule has 3 heteroatoms. The Hall–Kier alpha value is -1.61. The summed E-state index contributed by atoms with van der Waals surface area (Å²) >= 11 is 0. The van der Waals surface area contributed by atoms with Gasteiger partial charge in [-0.3, -0.25) is 0 Å². The van der Waals surface area contributed by atoms with Gasteiger partial charge in [0.05, 0.1) is 6.33 Å². The van der Waals surface area contributed by atoms with Crippen molar-refractivity contribution < 1.29 is 0 Å². The van der Waals surface area contributed by atoms with E-state index in [0.29, 0.717) is 6.04 Å². The van der Waals surface area contributed by atoms with Crippen molar-refractivity contribution in [3.05, 3.63) is 48.5 Å². The molecule has 1 aliphatic rings. The van der Waals surface area contributed by atoms with E-state index in [1.807, 2.05) is 17.1 Å². The predicted octanol–water partition coefficient (Wildman–Crippen LogP) is 3.54. The lowest BCUT2D eigenvalue weighted by molar-refractivity contribution is 0.306. The lowest BCUT2D eigenvalue weighted by Gasteiger charge is -2.27. The fraction of sp³-hybridized carbons (Fsp3) is 0.471. The summed E-state index contributed by atoms with van der Waals surface area (Å²) in [7, 11) is 0. The summed E-state index contributed by atoms with van der Waals surface area (Å²) in [5.41, 5.74) is 2.52. The molecule has 1 fully saturated rings. The van der Waals surface area contributed by atoms with Crippen molar-refractivity contribution in [1.29, 1.82) is 0 Å². The maximum absolute atomic E-state index is 4.08. The Kier molecular flexibility index (Phi) is 4.16. The largest absolute Gasteiger partial charge is 0.310 e. The van der Waals surface area contributed by atoms with Crippen LogP contribution in [0.4, 0.5) is 0 Å². The summed E-state index contributed by atoms with van der Waals surface area (Å²) in [6.45, 7) is 3.34. The maximum atomic E-state index is 4.08. The summed E-state index contributed by atoms with van der Waals surface area (Å²) in [5, 5.41) is 3.69. The Morgan fingerprint density at radius 2 is 1.90 bits per heavy atom. The van der Waals surface area contributed by atoms with Crippen LogP contribution in [-0.2, 0) is 6.54 Å². The quantitative estimate of drug-likeness (QED) is 0.920. The predicted molar refractivity (Wildman–Crippen MR) is 81.8 cm³/mol. The molecular weight excluding hydrogens is 246 g/mol. The van der Waals surface area contributed by atoms with Crippen molar-refractivity contribution in [3.63, 3.8) is 0 Å². The zero-order valence-corrected chi connectivity index (χ0v) is 12.1. The van der Waals surface area contributed by atoms with Gasteiger partial charge in [-0.25, -0.2) is 4.98 Å². The van der Waals surface area contributed by atoms with Crippen LogP contribution in [0.2, 0.25) is 0 Å². The fourth-order valence-corrected chi connectivity index (χ4v) is 2.92. The van der Waals surface area contributed by atoms with Crippen LogP contribution in [0.15, 0.2) is 43.0 Å². The zero-order valence-electron chi connectivity index (χ0n) is 12.1. The van der Waals surface area contributed by atoms with Gasteiger partial charge in [0.2, 0.25) is 0 Å². The first-order valence-electron chi connectivity index (χ1n) is 7.62. The standard InChI is InChI=1S/C17H23N3/c1-14-2-6-16(7-3-14)19-12-15-4-8-17(9-5-15)20-11-10-18-13-20/h4-5,8-11,13-14,16,19H,2-3,6-7,12H2,1H3. The normalized spacial score (nSPS) is 22.9. The Morgan fingerprint density at radius 3 is 2.55 bits per heavy atom. The van der Waals surface area contributed by atoms with E-state index in [1.165, 1.54) is 31.2 Å². The van der Waals surface area contributed by atoms with Gasteiger partial charge in [-0.15, -0.1) is 0 Å². The van der Waals surface area contributed by atoms with E-state index in [2.05, 4.69) is 41.5 Å². The minimum atomic E-state index is 0.708. The topological polar surface area (TPSA) is 29.9 Å². The molecule has 20 heavy (non-hydrogen) atoms. The lowest BCUT2D eigenvalue weighted by Crippen LogP contribution is -2.32. The van der Waals surface area contributed by atoms with E-state index < -0.39 is 0 Å². The van der Waals surface area contributed by atoms with E-state index in [4.69, 9.17) is 0 Å². The average molecular weight is 269 g/mol. The molecule has 0 aliphatic heterocycles. The van der Waals surface area contributed by atoms with E-state index in [1.54, 1.807) is 6.20 Å². The molecule has 1 aromatic carbocycles. The Bertz CT molecular complexity index is 508. The minimum Gasteiger partial charge on any atom is -0.310 e. The van der Waals surface area contributed by atoms with Gasteiger partial charge in [0.25, 0.3) is 0 Å². The second kappa shape index (κ2) is 6.23. The highest BCUT2D eigenvalue weighted by molar-refractivity contribution is 5.34. The van der Waals surface area contributed by atoms with Gasteiger partial charge in [0, 0.05) is 30.7 Å². The maximum Gasteiger partial charge on any atom is 0.0991 e. The first kappa shape index (κ1) is 13.4. The highest BCUT2D eigenvalue weighted by Crippen LogP contribution is 2.23. The van der Waals surface area contributed by atoms with Crippen molar-refractivity contribution in [2.24, 2.45) is 5.92 Å². The van der Waals surface area contributed by atoms with Crippen LogP contribution in [0.3, 0.4) is 0 Å². The molecule has 1 N–H and O–H groups in total.